The second kappa shape index (κ2) is 16.1. The normalized spacial score (nSPS) is 12.6. The zero-order valence-electron chi connectivity index (χ0n) is 22.5. The molecule has 0 fully saturated rings. The van der Waals surface area contributed by atoms with Crippen molar-refractivity contribution in [3.63, 3.8) is 0 Å². The molecule has 0 aromatic heterocycles. The van der Waals surface area contributed by atoms with Gasteiger partial charge in [-0.1, -0.05) is 31.0 Å². The van der Waals surface area contributed by atoms with Crippen molar-refractivity contribution < 1.29 is 55.2 Å². The zero-order chi connectivity index (χ0) is 30.5. The average molecular weight is 594 g/mol. The maximum Gasteiger partial charge on any atom is 0.416 e. The fraction of sp³-hybridized carbons (Fsp3) is 0.500. The van der Waals surface area contributed by atoms with Gasteiger partial charge in [0.15, 0.2) is 6.10 Å². The Bertz CT molecular complexity index is 1090. The summed E-state index contributed by atoms with van der Waals surface area (Å²) in [5.74, 6) is -0.955. The molecule has 7 nitrogen and oxygen atoms in total. The van der Waals surface area contributed by atoms with Crippen LogP contribution in [0.2, 0.25) is 0 Å². The van der Waals surface area contributed by atoms with E-state index in [2.05, 4.69) is 0 Å². The minimum atomic E-state index is -4.63. The molecular weight excluding hydrogens is 560 g/mol. The minimum absolute atomic E-state index is 0.00642. The third-order valence-corrected chi connectivity index (χ3v) is 5.88. The third kappa shape index (κ3) is 13.2. The fourth-order valence-corrected chi connectivity index (χ4v) is 3.81. The maximum atomic E-state index is 13.0. The number of alkyl halides is 6. The number of carboxylic acids is 1. The first-order valence-electron chi connectivity index (χ1n) is 13.1. The van der Waals surface area contributed by atoms with Crippen LogP contribution in [-0.2, 0) is 22.1 Å². The van der Waals surface area contributed by atoms with Crippen molar-refractivity contribution in [3.05, 3.63) is 59.7 Å². The molecule has 0 bridgehead atoms. The quantitative estimate of drug-likeness (QED) is 0.165. The lowest BCUT2D eigenvalue weighted by Crippen LogP contribution is -2.37. The van der Waals surface area contributed by atoms with Gasteiger partial charge in [0, 0.05) is 26.0 Å². The number of rotatable bonds is 16. The van der Waals surface area contributed by atoms with Crippen molar-refractivity contribution in [1.29, 1.82) is 0 Å². The number of ether oxygens (including phenoxy) is 3. The van der Waals surface area contributed by atoms with Gasteiger partial charge in [0.25, 0.3) is 0 Å². The van der Waals surface area contributed by atoms with E-state index in [0.717, 1.165) is 12.1 Å². The molecule has 0 aliphatic carbocycles. The van der Waals surface area contributed by atoms with Crippen molar-refractivity contribution in [3.8, 4) is 11.5 Å². The number of halogens is 6. The highest BCUT2D eigenvalue weighted by atomic mass is 19.4. The maximum absolute atomic E-state index is 13.0. The van der Waals surface area contributed by atoms with Crippen LogP contribution in [0.25, 0.3) is 0 Å². The first-order valence-corrected chi connectivity index (χ1v) is 13.1. The molecule has 2 aromatic rings. The summed E-state index contributed by atoms with van der Waals surface area (Å²) in [6, 6.07) is 10.4. The van der Waals surface area contributed by atoms with E-state index >= 15 is 0 Å². The van der Waals surface area contributed by atoms with E-state index in [1.54, 1.807) is 31.2 Å². The van der Waals surface area contributed by atoms with Crippen LogP contribution in [0.3, 0.4) is 0 Å². The molecule has 1 N–H and O–H groups in total. The number of carboxylic acid groups (broad SMARTS) is 1. The van der Waals surface area contributed by atoms with Crippen molar-refractivity contribution in [2.45, 2.75) is 63.9 Å². The van der Waals surface area contributed by atoms with E-state index in [1.807, 2.05) is 0 Å². The van der Waals surface area contributed by atoms with Gasteiger partial charge in [-0.15, -0.1) is 0 Å². The molecule has 41 heavy (non-hydrogen) atoms. The lowest BCUT2D eigenvalue weighted by molar-refractivity contribution is -0.150. The van der Waals surface area contributed by atoms with Gasteiger partial charge in [0.05, 0.1) is 12.1 Å². The molecule has 0 saturated carbocycles. The lowest BCUT2D eigenvalue weighted by Gasteiger charge is -2.22. The second-order valence-corrected chi connectivity index (χ2v) is 9.14. The van der Waals surface area contributed by atoms with Crippen molar-refractivity contribution >= 4 is 12.1 Å². The first-order chi connectivity index (χ1) is 19.3. The lowest BCUT2D eigenvalue weighted by atomic mass is 10.1. The SMILES string of the molecule is CCOC(Cc1ccc(OCCN(CCCCCCC(F)(F)F)C(=O)Oc2cccc(C(F)(F)F)c2)cc1)C(=O)O. The molecule has 13 heteroatoms. The summed E-state index contributed by atoms with van der Waals surface area (Å²) in [5, 5.41) is 9.22. The molecule has 0 aliphatic heterocycles. The second-order valence-electron chi connectivity index (χ2n) is 9.14. The van der Waals surface area contributed by atoms with Crippen LogP contribution in [0, 0.1) is 0 Å². The topological polar surface area (TPSA) is 85.3 Å². The molecule has 0 saturated heterocycles. The first kappa shape index (κ1) is 33.7. The Labute approximate surface area is 234 Å². The molecule has 1 unspecified atom stereocenters. The van der Waals surface area contributed by atoms with Crippen LogP contribution in [0.5, 0.6) is 11.5 Å². The largest absolute Gasteiger partial charge is 0.492 e. The Morgan fingerprint density at radius 2 is 1.59 bits per heavy atom. The Hall–Kier alpha value is -3.48. The average Bonchev–Trinajstić information content (AvgIpc) is 2.89. The number of carbonyl (C=O) groups is 2. The van der Waals surface area contributed by atoms with Gasteiger partial charge in [0.2, 0.25) is 0 Å². The summed E-state index contributed by atoms with van der Waals surface area (Å²) in [5.41, 5.74) is -0.281. The predicted octanol–water partition coefficient (Wildman–Crippen LogP) is 7.13. The highest BCUT2D eigenvalue weighted by Crippen LogP contribution is 2.31. The molecule has 1 amide bonds. The molecule has 2 rings (SSSR count). The van der Waals surface area contributed by atoms with Gasteiger partial charge in [-0.2, -0.15) is 26.3 Å². The molecular formula is C28H33F6NO6. The molecule has 0 radical (unpaired) electrons. The molecule has 0 aliphatic rings. The van der Waals surface area contributed by atoms with E-state index in [0.29, 0.717) is 36.6 Å². The van der Waals surface area contributed by atoms with Gasteiger partial charge in [0.1, 0.15) is 18.1 Å². The summed E-state index contributed by atoms with van der Waals surface area (Å²) < 4.78 is 92.1. The van der Waals surface area contributed by atoms with Crippen molar-refractivity contribution in [2.75, 3.05) is 26.3 Å². The number of benzene rings is 2. The predicted molar refractivity (Wildman–Crippen MR) is 137 cm³/mol. The van der Waals surface area contributed by atoms with Gasteiger partial charge < -0.3 is 24.2 Å². The van der Waals surface area contributed by atoms with Gasteiger partial charge in [-0.25, -0.2) is 9.59 Å². The third-order valence-electron chi connectivity index (χ3n) is 5.88. The Kier molecular flexibility index (Phi) is 13.2. The number of aliphatic carboxylic acids is 1. The number of carbonyl (C=O) groups excluding carboxylic acids is 1. The van der Waals surface area contributed by atoms with Crippen molar-refractivity contribution in [1.82, 2.24) is 4.90 Å². The van der Waals surface area contributed by atoms with E-state index in [9.17, 15) is 41.0 Å². The van der Waals surface area contributed by atoms with Crippen LogP contribution in [-0.4, -0.2) is 60.7 Å². The highest BCUT2D eigenvalue weighted by molar-refractivity contribution is 5.72. The molecule has 0 spiro atoms. The molecule has 1 atom stereocenters. The van der Waals surface area contributed by atoms with E-state index in [4.69, 9.17) is 14.2 Å². The summed E-state index contributed by atoms with van der Waals surface area (Å²) in [4.78, 5) is 25.3. The van der Waals surface area contributed by atoms with E-state index < -0.39 is 42.5 Å². The van der Waals surface area contributed by atoms with Gasteiger partial charge in [-0.05, 0) is 55.7 Å². The summed E-state index contributed by atoms with van der Waals surface area (Å²) >= 11 is 0. The molecule has 0 heterocycles. The van der Waals surface area contributed by atoms with Crippen LogP contribution < -0.4 is 9.47 Å². The summed E-state index contributed by atoms with van der Waals surface area (Å²) in [6.07, 6.45) is -10.5. The van der Waals surface area contributed by atoms with E-state index in [1.165, 1.54) is 11.0 Å². The van der Waals surface area contributed by atoms with Crippen LogP contribution in [0.1, 0.15) is 50.2 Å². The highest BCUT2D eigenvalue weighted by Gasteiger charge is 2.31. The number of unbranched alkanes of at least 4 members (excludes halogenated alkanes) is 3. The van der Waals surface area contributed by atoms with Crippen LogP contribution >= 0.6 is 0 Å². The van der Waals surface area contributed by atoms with Gasteiger partial charge in [-0.3, -0.25) is 0 Å². The zero-order valence-corrected chi connectivity index (χ0v) is 22.5. The van der Waals surface area contributed by atoms with Crippen molar-refractivity contribution in [2.24, 2.45) is 0 Å². The minimum Gasteiger partial charge on any atom is -0.492 e. The standard InChI is InChI=1S/C28H33F6NO6/c1-2-39-24(25(36)37)18-20-10-12-22(13-11-20)40-17-16-35(15-6-4-3-5-14-27(29,30)31)26(38)41-23-9-7-8-21(19-23)28(32,33)34/h7-13,19,24H,2-6,14-18H2,1H3,(H,36,37). The Balaban J connectivity index is 1.97. The summed E-state index contributed by atoms with van der Waals surface area (Å²) in [7, 11) is 0. The number of nitrogens with zero attached hydrogens (tertiary/aromatic N) is 1. The number of hydrogen-bond acceptors (Lipinski definition) is 5. The number of amides is 1. The summed E-state index contributed by atoms with van der Waals surface area (Å²) in [6.45, 7) is 2.02. The van der Waals surface area contributed by atoms with Crippen LogP contribution in [0.4, 0.5) is 31.1 Å². The molecule has 2 aromatic carbocycles. The molecule has 228 valence electrons. The van der Waals surface area contributed by atoms with Crippen LogP contribution in [0.15, 0.2) is 48.5 Å². The monoisotopic (exact) mass is 593 g/mol. The van der Waals surface area contributed by atoms with E-state index in [-0.39, 0.29) is 44.9 Å². The Morgan fingerprint density at radius 3 is 2.20 bits per heavy atom. The number of hydrogen-bond donors (Lipinski definition) is 1. The smallest absolute Gasteiger partial charge is 0.416 e. The fourth-order valence-electron chi connectivity index (χ4n) is 3.81. The van der Waals surface area contributed by atoms with Gasteiger partial charge >= 0.3 is 24.4 Å². The Morgan fingerprint density at radius 1 is 0.902 bits per heavy atom.